The van der Waals surface area contributed by atoms with Crippen molar-refractivity contribution in [1.29, 1.82) is 0 Å². The standard InChI is InChI=1S/C16H14N4O3/c17-14-13-9(15(22)19-16(13)23)7-12(21)20(14)11-4-2-1-3-10(11)18-8-5-6-8/h1-4,7-8,18H,5-6,17H2,(H,19,22,23). The summed E-state index contributed by atoms with van der Waals surface area (Å²) in [5.74, 6) is -1.20. The van der Waals surface area contributed by atoms with Gasteiger partial charge in [0.1, 0.15) is 5.82 Å². The van der Waals surface area contributed by atoms with E-state index < -0.39 is 17.4 Å². The fraction of sp³-hybridized carbons (Fsp3) is 0.188. The number of nitrogens with zero attached hydrogens (tertiary/aromatic N) is 1. The predicted molar refractivity (Wildman–Crippen MR) is 84.9 cm³/mol. The van der Waals surface area contributed by atoms with Gasteiger partial charge in [0.2, 0.25) is 0 Å². The van der Waals surface area contributed by atoms with Crippen molar-refractivity contribution in [2.75, 3.05) is 11.1 Å². The monoisotopic (exact) mass is 310 g/mol. The van der Waals surface area contributed by atoms with Gasteiger partial charge in [0, 0.05) is 12.1 Å². The molecule has 1 aromatic heterocycles. The van der Waals surface area contributed by atoms with Crippen LogP contribution in [0.3, 0.4) is 0 Å². The van der Waals surface area contributed by atoms with Gasteiger partial charge >= 0.3 is 0 Å². The minimum absolute atomic E-state index is 0.0269. The Morgan fingerprint density at radius 2 is 1.87 bits per heavy atom. The maximum Gasteiger partial charge on any atom is 0.262 e. The molecular formula is C16H14N4O3. The average Bonchev–Trinajstić information content (AvgIpc) is 3.27. The molecule has 0 unspecified atom stereocenters. The number of hydrogen-bond donors (Lipinski definition) is 3. The van der Waals surface area contributed by atoms with Crippen molar-refractivity contribution < 1.29 is 9.59 Å². The van der Waals surface area contributed by atoms with Crippen LogP contribution in [0.2, 0.25) is 0 Å². The van der Waals surface area contributed by atoms with E-state index in [1.807, 2.05) is 12.1 Å². The summed E-state index contributed by atoms with van der Waals surface area (Å²) in [4.78, 5) is 36.1. The van der Waals surface area contributed by atoms with Crippen LogP contribution in [0.5, 0.6) is 0 Å². The zero-order chi connectivity index (χ0) is 16.1. The van der Waals surface area contributed by atoms with Gasteiger partial charge in [-0.25, -0.2) is 0 Å². The number of nitrogens with one attached hydrogen (secondary N) is 2. The molecule has 1 aliphatic heterocycles. The molecule has 2 aliphatic rings. The van der Waals surface area contributed by atoms with Crippen LogP contribution in [0.25, 0.3) is 5.69 Å². The Bertz CT molecular complexity index is 912. The van der Waals surface area contributed by atoms with Crippen LogP contribution in [-0.2, 0) is 0 Å². The number of imide groups is 1. The molecule has 1 aromatic carbocycles. The van der Waals surface area contributed by atoms with Crippen molar-refractivity contribution in [1.82, 2.24) is 9.88 Å². The smallest absolute Gasteiger partial charge is 0.262 e. The van der Waals surface area contributed by atoms with Crippen LogP contribution in [0.1, 0.15) is 33.6 Å². The lowest BCUT2D eigenvalue weighted by molar-refractivity contribution is 0.0880. The van der Waals surface area contributed by atoms with Crippen LogP contribution in [0.4, 0.5) is 11.5 Å². The summed E-state index contributed by atoms with van der Waals surface area (Å²) in [6, 6.07) is 8.81. The zero-order valence-corrected chi connectivity index (χ0v) is 12.1. The van der Waals surface area contributed by atoms with Gasteiger partial charge in [0.15, 0.2) is 0 Å². The summed E-state index contributed by atoms with van der Waals surface area (Å²) >= 11 is 0. The number of hydrogen-bond acceptors (Lipinski definition) is 5. The first-order valence-corrected chi connectivity index (χ1v) is 7.33. The topological polar surface area (TPSA) is 106 Å². The summed E-state index contributed by atoms with van der Waals surface area (Å²) in [5, 5.41) is 5.50. The van der Waals surface area contributed by atoms with Crippen LogP contribution in [0, 0.1) is 0 Å². The van der Waals surface area contributed by atoms with Crippen LogP contribution < -0.4 is 21.9 Å². The van der Waals surface area contributed by atoms with Gasteiger partial charge in [0.25, 0.3) is 17.4 Å². The quantitative estimate of drug-likeness (QED) is 0.730. The molecule has 4 rings (SSSR count). The highest BCUT2D eigenvalue weighted by Gasteiger charge is 2.32. The van der Waals surface area contributed by atoms with Crippen molar-refractivity contribution in [2.24, 2.45) is 0 Å². The largest absolute Gasteiger partial charge is 0.384 e. The van der Waals surface area contributed by atoms with Crippen molar-refractivity contribution in [3.63, 3.8) is 0 Å². The van der Waals surface area contributed by atoms with E-state index in [9.17, 15) is 14.4 Å². The number of rotatable bonds is 3. The second-order valence-electron chi connectivity index (χ2n) is 5.71. The Hall–Kier alpha value is -3.09. The summed E-state index contributed by atoms with van der Waals surface area (Å²) in [6.07, 6.45) is 2.17. The first-order chi connectivity index (χ1) is 11.1. The van der Waals surface area contributed by atoms with E-state index in [2.05, 4.69) is 10.6 Å². The number of nitrogen functional groups attached to an aromatic ring is 1. The van der Waals surface area contributed by atoms with E-state index in [1.54, 1.807) is 12.1 Å². The molecule has 1 fully saturated rings. The number of fused-ring (bicyclic) bond motifs is 1. The Balaban J connectivity index is 1.94. The Morgan fingerprint density at radius 1 is 1.13 bits per heavy atom. The Labute approximate surface area is 131 Å². The third-order valence-corrected chi connectivity index (χ3v) is 4.04. The number of para-hydroxylation sites is 2. The molecule has 2 amide bonds. The molecule has 0 radical (unpaired) electrons. The minimum atomic E-state index is -0.592. The molecule has 0 spiro atoms. The minimum Gasteiger partial charge on any atom is -0.384 e. The van der Waals surface area contributed by atoms with E-state index in [0.29, 0.717) is 11.7 Å². The van der Waals surface area contributed by atoms with Crippen LogP contribution in [-0.4, -0.2) is 22.4 Å². The van der Waals surface area contributed by atoms with Gasteiger partial charge in [-0.3, -0.25) is 24.3 Å². The van der Waals surface area contributed by atoms with E-state index in [-0.39, 0.29) is 16.9 Å². The Morgan fingerprint density at radius 3 is 2.61 bits per heavy atom. The molecular weight excluding hydrogens is 296 g/mol. The lowest BCUT2D eigenvalue weighted by Gasteiger charge is -2.16. The second-order valence-corrected chi connectivity index (χ2v) is 5.71. The molecule has 0 bridgehead atoms. The number of amides is 2. The molecule has 2 heterocycles. The summed E-state index contributed by atoms with van der Waals surface area (Å²) in [5.41, 5.74) is 7.03. The van der Waals surface area contributed by atoms with E-state index in [0.717, 1.165) is 24.6 Å². The van der Waals surface area contributed by atoms with Gasteiger partial charge in [-0.2, -0.15) is 0 Å². The first kappa shape index (κ1) is 13.6. The maximum absolute atomic E-state index is 12.5. The maximum atomic E-state index is 12.5. The van der Waals surface area contributed by atoms with Gasteiger partial charge in [-0.05, 0) is 25.0 Å². The molecule has 23 heavy (non-hydrogen) atoms. The van der Waals surface area contributed by atoms with Crippen molar-refractivity contribution in [3.05, 3.63) is 51.8 Å². The number of nitrogens with two attached hydrogens (primary N) is 1. The molecule has 116 valence electrons. The SMILES string of the molecule is Nc1c2c(cc(=O)n1-c1ccccc1NC1CC1)C(=O)NC2=O. The van der Waals surface area contributed by atoms with Gasteiger partial charge in [-0.1, -0.05) is 12.1 Å². The van der Waals surface area contributed by atoms with Gasteiger partial charge in [-0.15, -0.1) is 0 Å². The Kier molecular flexibility index (Phi) is 2.77. The molecule has 1 aliphatic carbocycles. The fourth-order valence-corrected chi connectivity index (χ4v) is 2.77. The molecule has 7 nitrogen and oxygen atoms in total. The number of carbonyl (C=O) groups is 2. The van der Waals surface area contributed by atoms with Crippen LogP contribution in [0.15, 0.2) is 35.1 Å². The van der Waals surface area contributed by atoms with Crippen molar-refractivity contribution >= 4 is 23.3 Å². The number of anilines is 2. The third-order valence-electron chi connectivity index (χ3n) is 4.04. The fourth-order valence-electron chi connectivity index (χ4n) is 2.77. The molecule has 1 saturated carbocycles. The number of aromatic nitrogens is 1. The first-order valence-electron chi connectivity index (χ1n) is 7.33. The normalized spacial score (nSPS) is 16.2. The highest BCUT2D eigenvalue weighted by molar-refractivity contribution is 6.23. The lowest BCUT2D eigenvalue weighted by atomic mass is 10.1. The average molecular weight is 310 g/mol. The molecule has 2 aromatic rings. The zero-order valence-electron chi connectivity index (χ0n) is 12.1. The van der Waals surface area contributed by atoms with Gasteiger partial charge in [0.05, 0.1) is 22.5 Å². The molecule has 4 N–H and O–H groups in total. The summed E-state index contributed by atoms with van der Waals surface area (Å²) < 4.78 is 1.27. The summed E-state index contributed by atoms with van der Waals surface area (Å²) in [6.45, 7) is 0. The molecule has 0 saturated heterocycles. The van der Waals surface area contributed by atoms with Crippen molar-refractivity contribution in [3.8, 4) is 5.69 Å². The highest BCUT2D eigenvalue weighted by atomic mass is 16.2. The number of benzene rings is 1. The summed E-state index contributed by atoms with van der Waals surface area (Å²) in [7, 11) is 0. The molecule has 0 atom stereocenters. The second kappa shape index (κ2) is 4.70. The van der Waals surface area contributed by atoms with Gasteiger partial charge < -0.3 is 11.1 Å². The third kappa shape index (κ3) is 2.09. The number of carbonyl (C=O) groups excluding carboxylic acids is 2. The lowest BCUT2D eigenvalue weighted by Crippen LogP contribution is -2.25. The molecule has 7 heteroatoms. The van der Waals surface area contributed by atoms with E-state index in [4.69, 9.17) is 5.73 Å². The highest BCUT2D eigenvalue weighted by Crippen LogP contribution is 2.30. The predicted octanol–water partition coefficient (Wildman–Crippen LogP) is 0.878. The van der Waals surface area contributed by atoms with E-state index >= 15 is 0 Å². The van der Waals surface area contributed by atoms with Crippen molar-refractivity contribution in [2.45, 2.75) is 18.9 Å². The van der Waals surface area contributed by atoms with Crippen LogP contribution >= 0.6 is 0 Å². The number of pyridine rings is 1. The van der Waals surface area contributed by atoms with E-state index in [1.165, 1.54) is 4.57 Å².